The molecule has 2 aromatic rings. The largest absolute Gasteiger partial charge is 0.530 e. The topological polar surface area (TPSA) is 57.7 Å². The normalized spacial score (nSPS) is 11.7. The van der Waals surface area contributed by atoms with Gasteiger partial charge in [-0.25, -0.2) is 4.57 Å². The summed E-state index contributed by atoms with van der Waals surface area (Å²) in [5, 5.41) is 0. The second-order valence-electron chi connectivity index (χ2n) is 4.53. The van der Waals surface area contributed by atoms with E-state index in [4.69, 9.17) is 13.6 Å². The van der Waals surface area contributed by atoms with Crippen molar-refractivity contribution in [2.75, 3.05) is 13.2 Å². The summed E-state index contributed by atoms with van der Waals surface area (Å²) >= 11 is 0. The lowest BCUT2D eigenvalue weighted by Gasteiger charge is -2.18. The molecule has 0 aliphatic heterocycles. The second-order valence-corrected chi connectivity index (χ2v) is 6.12. The number of phosphoric acid groups is 1. The van der Waals surface area contributed by atoms with Crippen LogP contribution in [0.1, 0.15) is 25.0 Å². The fraction of sp³-hybridized carbons (Fsp3) is 0.235. The van der Waals surface area contributed by atoms with E-state index in [0.717, 1.165) is 11.1 Å². The van der Waals surface area contributed by atoms with E-state index in [1.807, 2.05) is 36.4 Å². The van der Waals surface area contributed by atoms with Gasteiger partial charge >= 0.3 is 7.82 Å². The van der Waals surface area contributed by atoms with Crippen LogP contribution in [0, 0.1) is 0 Å². The molecule has 5 nitrogen and oxygen atoms in total. The van der Waals surface area contributed by atoms with Gasteiger partial charge in [0.15, 0.2) is 0 Å². The lowest BCUT2D eigenvalue weighted by Crippen LogP contribution is -2.03. The van der Waals surface area contributed by atoms with Gasteiger partial charge in [0, 0.05) is 18.0 Å². The van der Waals surface area contributed by atoms with Crippen LogP contribution in [0.25, 0.3) is 12.2 Å². The molecule has 0 fully saturated rings. The number of benzene rings is 1. The molecule has 1 aromatic heterocycles. The van der Waals surface area contributed by atoms with Gasteiger partial charge in [-0.3, -0.25) is 14.0 Å². The van der Waals surface area contributed by atoms with Crippen LogP contribution in [-0.2, 0) is 13.6 Å². The highest BCUT2D eigenvalue weighted by molar-refractivity contribution is 7.48. The van der Waals surface area contributed by atoms with Crippen LogP contribution in [0.5, 0.6) is 5.75 Å². The fourth-order valence-electron chi connectivity index (χ4n) is 1.89. The van der Waals surface area contributed by atoms with Gasteiger partial charge in [-0.15, -0.1) is 0 Å². The summed E-state index contributed by atoms with van der Waals surface area (Å²) in [6.45, 7) is 3.97. The highest BCUT2D eigenvalue weighted by atomic mass is 31.2. The molecule has 1 heterocycles. The van der Waals surface area contributed by atoms with Crippen molar-refractivity contribution in [2.24, 2.45) is 0 Å². The molecule has 1 aromatic carbocycles. The average Bonchev–Trinajstić information content (AvgIpc) is 2.55. The molecule has 0 atom stereocenters. The summed E-state index contributed by atoms with van der Waals surface area (Å²) in [6, 6.07) is 11.1. The molecule has 0 unspecified atom stereocenters. The number of nitrogens with zero attached hydrogens (tertiary/aromatic N) is 1. The maximum absolute atomic E-state index is 12.5. The smallest absolute Gasteiger partial charge is 0.403 e. The number of para-hydroxylation sites is 1. The van der Waals surface area contributed by atoms with Gasteiger partial charge in [0.1, 0.15) is 5.75 Å². The van der Waals surface area contributed by atoms with E-state index in [1.54, 1.807) is 38.4 Å². The number of hydrogen-bond acceptors (Lipinski definition) is 5. The molecule has 122 valence electrons. The van der Waals surface area contributed by atoms with Crippen LogP contribution < -0.4 is 4.52 Å². The van der Waals surface area contributed by atoms with E-state index < -0.39 is 7.82 Å². The minimum atomic E-state index is -3.61. The van der Waals surface area contributed by atoms with E-state index in [-0.39, 0.29) is 13.2 Å². The Morgan fingerprint density at radius 3 is 2.30 bits per heavy atom. The summed E-state index contributed by atoms with van der Waals surface area (Å²) in [5.74, 6) is 0.447. The Hall–Kier alpha value is -1.94. The predicted octanol–water partition coefficient (Wildman–Crippen LogP) is 4.81. The average molecular weight is 333 g/mol. The molecule has 23 heavy (non-hydrogen) atoms. The molecule has 2 rings (SSSR count). The zero-order valence-corrected chi connectivity index (χ0v) is 14.1. The second kappa shape index (κ2) is 8.63. The number of phosphoric ester groups is 1. The van der Waals surface area contributed by atoms with Crippen LogP contribution in [0.3, 0.4) is 0 Å². The molecule has 0 aliphatic carbocycles. The predicted molar refractivity (Wildman–Crippen MR) is 91.1 cm³/mol. The SMILES string of the molecule is CCOP(=O)(OCC)Oc1ccccc1/C=C/c1ccncc1. The van der Waals surface area contributed by atoms with Crippen LogP contribution >= 0.6 is 7.82 Å². The Morgan fingerprint density at radius 2 is 1.65 bits per heavy atom. The van der Waals surface area contributed by atoms with Crippen LogP contribution in [0.15, 0.2) is 48.8 Å². The molecule has 0 bridgehead atoms. The zero-order chi connectivity index (χ0) is 16.5. The number of aromatic nitrogens is 1. The van der Waals surface area contributed by atoms with Gasteiger partial charge in [0.25, 0.3) is 0 Å². The van der Waals surface area contributed by atoms with Crippen molar-refractivity contribution in [3.63, 3.8) is 0 Å². The summed E-state index contributed by atoms with van der Waals surface area (Å²) in [5.41, 5.74) is 1.79. The van der Waals surface area contributed by atoms with E-state index in [2.05, 4.69) is 4.98 Å². The molecule has 0 aliphatic rings. The molecule has 0 saturated heterocycles. The first kappa shape index (κ1) is 17.4. The highest BCUT2D eigenvalue weighted by Crippen LogP contribution is 2.50. The van der Waals surface area contributed by atoms with Crippen molar-refractivity contribution >= 4 is 20.0 Å². The van der Waals surface area contributed by atoms with Gasteiger partial charge in [-0.05, 0) is 37.6 Å². The minimum Gasteiger partial charge on any atom is -0.403 e. The molecule has 0 N–H and O–H groups in total. The number of pyridine rings is 1. The van der Waals surface area contributed by atoms with Crippen molar-refractivity contribution < 1.29 is 18.1 Å². The third kappa shape index (κ3) is 5.32. The Kier molecular flexibility index (Phi) is 6.53. The Morgan fingerprint density at radius 1 is 1.00 bits per heavy atom. The van der Waals surface area contributed by atoms with Crippen molar-refractivity contribution in [1.82, 2.24) is 4.98 Å². The van der Waals surface area contributed by atoms with E-state index >= 15 is 0 Å². The lowest BCUT2D eigenvalue weighted by atomic mass is 10.1. The van der Waals surface area contributed by atoms with Gasteiger partial charge in [0.2, 0.25) is 0 Å². The standard InChI is InChI=1S/C17H20NO4P/c1-3-20-23(19,21-4-2)22-17-8-6-5-7-16(17)10-9-15-11-13-18-14-12-15/h5-14H,3-4H2,1-2H3/b10-9+. The third-order valence-electron chi connectivity index (χ3n) is 2.87. The van der Waals surface area contributed by atoms with E-state index in [1.165, 1.54) is 0 Å². The van der Waals surface area contributed by atoms with Crippen molar-refractivity contribution in [1.29, 1.82) is 0 Å². The Labute approximate surface area is 136 Å². The first-order chi connectivity index (χ1) is 11.2. The maximum atomic E-state index is 12.5. The summed E-state index contributed by atoms with van der Waals surface area (Å²) in [6.07, 6.45) is 7.25. The highest BCUT2D eigenvalue weighted by Gasteiger charge is 2.27. The van der Waals surface area contributed by atoms with Crippen molar-refractivity contribution in [3.8, 4) is 5.75 Å². The van der Waals surface area contributed by atoms with Crippen molar-refractivity contribution in [3.05, 3.63) is 59.9 Å². The molecular weight excluding hydrogens is 313 g/mol. The first-order valence-electron chi connectivity index (χ1n) is 7.42. The maximum Gasteiger partial charge on any atom is 0.530 e. The van der Waals surface area contributed by atoms with E-state index in [9.17, 15) is 4.57 Å². The van der Waals surface area contributed by atoms with Crippen LogP contribution in [0.2, 0.25) is 0 Å². The molecule has 0 spiro atoms. The molecule has 0 amide bonds. The van der Waals surface area contributed by atoms with Crippen molar-refractivity contribution in [2.45, 2.75) is 13.8 Å². The summed E-state index contributed by atoms with van der Waals surface area (Å²) in [7, 11) is -3.61. The third-order valence-corrected chi connectivity index (χ3v) is 4.43. The quantitative estimate of drug-likeness (QED) is 0.649. The van der Waals surface area contributed by atoms with Gasteiger partial charge in [-0.2, -0.15) is 0 Å². The Balaban J connectivity index is 2.23. The van der Waals surface area contributed by atoms with Gasteiger partial charge in [-0.1, -0.05) is 30.4 Å². The zero-order valence-electron chi connectivity index (χ0n) is 13.2. The van der Waals surface area contributed by atoms with E-state index in [0.29, 0.717) is 5.75 Å². The fourth-order valence-corrected chi connectivity index (χ4v) is 3.11. The van der Waals surface area contributed by atoms with Crippen LogP contribution in [-0.4, -0.2) is 18.2 Å². The molecular formula is C17H20NO4P. The Bertz CT molecular complexity index is 678. The summed E-state index contributed by atoms with van der Waals surface area (Å²) in [4.78, 5) is 3.98. The van der Waals surface area contributed by atoms with Crippen LogP contribution in [0.4, 0.5) is 0 Å². The molecule has 0 saturated carbocycles. The first-order valence-corrected chi connectivity index (χ1v) is 8.89. The summed E-state index contributed by atoms with van der Waals surface area (Å²) < 4.78 is 28.4. The number of hydrogen-bond donors (Lipinski definition) is 0. The minimum absolute atomic E-state index is 0.242. The number of rotatable bonds is 8. The van der Waals surface area contributed by atoms with Gasteiger partial charge in [0.05, 0.1) is 13.2 Å². The molecule has 6 heteroatoms. The monoisotopic (exact) mass is 333 g/mol. The van der Waals surface area contributed by atoms with Gasteiger partial charge < -0.3 is 4.52 Å². The molecule has 0 radical (unpaired) electrons. The lowest BCUT2D eigenvalue weighted by molar-refractivity contribution is 0.167.